The van der Waals surface area contributed by atoms with Gasteiger partial charge in [0.25, 0.3) is 5.91 Å². The molecule has 0 aromatic heterocycles. The number of carboxylic acid groups (broad SMARTS) is 1. The van der Waals surface area contributed by atoms with Gasteiger partial charge in [0.2, 0.25) is 0 Å². The summed E-state index contributed by atoms with van der Waals surface area (Å²) in [6.07, 6.45) is 0.245. The largest absolute Gasteiger partial charge is 0.484 e. The zero-order chi connectivity index (χ0) is 14.8. The maximum absolute atomic E-state index is 11.9. The molecule has 2 rings (SSSR count). The Hall–Kier alpha value is -1.79. The Morgan fingerprint density at radius 1 is 1.40 bits per heavy atom. The number of nitrogens with zero attached hydrogens (tertiary/aromatic N) is 1. The molecule has 0 radical (unpaired) electrons. The van der Waals surface area contributed by atoms with Crippen LogP contribution in [0.2, 0.25) is 5.02 Å². The summed E-state index contributed by atoms with van der Waals surface area (Å²) in [6, 6.07) is 6.63. The van der Waals surface area contributed by atoms with Crippen LogP contribution in [0.4, 0.5) is 0 Å². The van der Waals surface area contributed by atoms with E-state index in [9.17, 15) is 9.59 Å². The standard InChI is InChI=1S/C13H15ClN2O4/c14-9-1-3-10(4-2-9)20-7-11(17)16-6-5-13(15,8-16)12(18)19/h1-4H,5-8,15H2,(H,18,19). The van der Waals surface area contributed by atoms with Gasteiger partial charge in [0.1, 0.15) is 11.3 Å². The van der Waals surface area contributed by atoms with Crippen LogP contribution in [0.1, 0.15) is 6.42 Å². The lowest BCUT2D eigenvalue weighted by atomic mass is 10.0. The van der Waals surface area contributed by atoms with Crippen LogP contribution in [0, 0.1) is 0 Å². The lowest BCUT2D eigenvalue weighted by Gasteiger charge is -2.20. The fourth-order valence-electron chi connectivity index (χ4n) is 1.99. The Kier molecular flexibility index (Phi) is 4.15. The van der Waals surface area contributed by atoms with Crippen LogP contribution in [-0.4, -0.2) is 47.1 Å². The maximum atomic E-state index is 11.9. The number of likely N-dealkylation sites (tertiary alicyclic amines) is 1. The topological polar surface area (TPSA) is 92.9 Å². The van der Waals surface area contributed by atoms with Crippen LogP contribution >= 0.6 is 11.6 Å². The van der Waals surface area contributed by atoms with Gasteiger partial charge in [0.15, 0.2) is 6.61 Å². The second-order valence-corrected chi connectivity index (χ2v) is 5.21. The van der Waals surface area contributed by atoms with Crippen molar-refractivity contribution in [2.45, 2.75) is 12.0 Å². The Bertz CT molecular complexity index is 520. The van der Waals surface area contributed by atoms with Gasteiger partial charge < -0.3 is 20.5 Å². The van der Waals surface area contributed by atoms with E-state index in [1.54, 1.807) is 24.3 Å². The first kappa shape index (κ1) is 14.6. The molecular formula is C13H15ClN2O4. The van der Waals surface area contributed by atoms with Crippen molar-refractivity contribution in [1.82, 2.24) is 4.90 Å². The molecule has 1 amide bonds. The summed E-state index contributed by atoms with van der Waals surface area (Å²) in [7, 11) is 0. The monoisotopic (exact) mass is 298 g/mol. The van der Waals surface area contributed by atoms with E-state index in [1.165, 1.54) is 4.90 Å². The number of rotatable bonds is 4. The van der Waals surface area contributed by atoms with Crippen molar-refractivity contribution in [2.75, 3.05) is 19.7 Å². The molecule has 1 fully saturated rings. The minimum atomic E-state index is -1.35. The van der Waals surface area contributed by atoms with Crippen LogP contribution in [0.15, 0.2) is 24.3 Å². The van der Waals surface area contributed by atoms with Gasteiger partial charge in [-0.3, -0.25) is 9.59 Å². The Morgan fingerprint density at radius 2 is 2.05 bits per heavy atom. The van der Waals surface area contributed by atoms with E-state index >= 15 is 0 Å². The molecule has 1 aromatic carbocycles. The molecule has 6 nitrogen and oxygen atoms in total. The molecule has 0 aliphatic carbocycles. The minimum absolute atomic E-state index is 0.00510. The second kappa shape index (κ2) is 5.68. The van der Waals surface area contributed by atoms with Crippen molar-refractivity contribution < 1.29 is 19.4 Å². The van der Waals surface area contributed by atoms with E-state index in [1.807, 2.05) is 0 Å². The number of halogens is 1. The van der Waals surface area contributed by atoms with Crippen LogP contribution in [0.25, 0.3) is 0 Å². The molecule has 1 unspecified atom stereocenters. The first-order valence-electron chi connectivity index (χ1n) is 6.09. The van der Waals surface area contributed by atoms with Crippen LogP contribution in [-0.2, 0) is 9.59 Å². The second-order valence-electron chi connectivity index (χ2n) is 4.77. The van der Waals surface area contributed by atoms with Gasteiger partial charge in [0.05, 0.1) is 0 Å². The summed E-state index contributed by atoms with van der Waals surface area (Å²) < 4.78 is 5.33. The lowest BCUT2D eigenvalue weighted by Crippen LogP contribution is -2.51. The number of carbonyl (C=O) groups is 2. The first-order valence-corrected chi connectivity index (χ1v) is 6.47. The maximum Gasteiger partial charge on any atom is 0.325 e. The van der Waals surface area contributed by atoms with Crippen LogP contribution < -0.4 is 10.5 Å². The third kappa shape index (κ3) is 3.20. The Labute approximate surface area is 121 Å². The summed E-state index contributed by atoms with van der Waals surface area (Å²) in [6.45, 7) is 0.175. The van der Waals surface area contributed by atoms with Crippen molar-refractivity contribution >= 4 is 23.5 Å². The molecule has 0 bridgehead atoms. The van der Waals surface area contributed by atoms with Gasteiger partial charge in [-0.25, -0.2) is 0 Å². The summed E-state index contributed by atoms with van der Waals surface area (Å²) in [5, 5.41) is 9.58. The quantitative estimate of drug-likeness (QED) is 0.855. The number of hydrogen-bond donors (Lipinski definition) is 2. The van der Waals surface area contributed by atoms with E-state index in [2.05, 4.69) is 0 Å². The Balaban J connectivity index is 1.87. The molecule has 7 heteroatoms. The molecule has 0 spiro atoms. The molecule has 1 saturated heterocycles. The van der Waals surface area contributed by atoms with E-state index < -0.39 is 11.5 Å². The molecule has 20 heavy (non-hydrogen) atoms. The number of nitrogens with two attached hydrogens (primary N) is 1. The molecular weight excluding hydrogens is 284 g/mol. The third-order valence-electron chi connectivity index (χ3n) is 3.26. The van der Waals surface area contributed by atoms with Crippen molar-refractivity contribution in [3.63, 3.8) is 0 Å². The van der Waals surface area contributed by atoms with E-state index in [-0.39, 0.29) is 25.5 Å². The summed E-state index contributed by atoms with van der Waals surface area (Å²) >= 11 is 5.74. The van der Waals surface area contributed by atoms with E-state index in [4.69, 9.17) is 27.2 Å². The predicted molar refractivity (Wildman–Crippen MR) is 72.7 cm³/mol. The van der Waals surface area contributed by atoms with Crippen molar-refractivity contribution in [3.8, 4) is 5.75 Å². The van der Waals surface area contributed by atoms with Gasteiger partial charge in [-0.15, -0.1) is 0 Å². The molecule has 1 heterocycles. The predicted octanol–water partition coefficient (Wildman–Crippen LogP) is 0.733. The van der Waals surface area contributed by atoms with Crippen molar-refractivity contribution in [2.24, 2.45) is 5.73 Å². The summed E-state index contributed by atoms with van der Waals surface area (Å²) in [5.41, 5.74) is 4.35. The zero-order valence-corrected chi connectivity index (χ0v) is 11.5. The SMILES string of the molecule is NC1(C(=O)O)CCN(C(=O)COc2ccc(Cl)cc2)C1. The summed E-state index contributed by atoms with van der Waals surface area (Å²) in [5.74, 6) is -0.848. The van der Waals surface area contributed by atoms with E-state index in [0.29, 0.717) is 17.3 Å². The van der Waals surface area contributed by atoms with Gasteiger partial charge in [-0.2, -0.15) is 0 Å². The van der Waals surface area contributed by atoms with Crippen LogP contribution in [0.5, 0.6) is 5.75 Å². The number of ether oxygens (including phenoxy) is 1. The number of carboxylic acids is 1. The zero-order valence-electron chi connectivity index (χ0n) is 10.7. The van der Waals surface area contributed by atoms with Gasteiger partial charge in [-0.05, 0) is 30.7 Å². The molecule has 108 valence electrons. The van der Waals surface area contributed by atoms with E-state index in [0.717, 1.165) is 0 Å². The molecule has 1 atom stereocenters. The number of carbonyl (C=O) groups excluding carboxylic acids is 1. The molecule has 3 N–H and O–H groups in total. The number of aliphatic carboxylic acids is 1. The summed E-state index contributed by atoms with van der Waals surface area (Å²) in [4.78, 5) is 24.3. The third-order valence-corrected chi connectivity index (χ3v) is 3.51. The first-order chi connectivity index (χ1) is 9.40. The average molecular weight is 299 g/mol. The van der Waals surface area contributed by atoms with Crippen molar-refractivity contribution in [3.05, 3.63) is 29.3 Å². The smallest absolute Gasteiger partial charge is 0.325 e. The fourth-order valence-corrected chi connectivity index (χ4v) is 2.11. The normalized spacial score (nSPS) is 21.8. The van der Waals surface area contributed by atoms with Gasteiger partial charge in [0, 0.05) is 18.1 Å². The highest BCUT2D eigenvalue weighted by molar-refractivity contribution is 6.30. The van der Waals surface area contributed by atoms with Gasteiger partial charge in [-0.1, -0.05) is 11.6 Å². The fraction of sp³-hybridized carbons (Fsp3) is 0.385. The Morgan fingerprint density at radius 3 is 2.60 bits per heavy atom. The molecule has 0 saturated carbocycles. The van der Waals surface area contributed by atoms with Crippen LogP contribution in [0.3, 0.4) is 0 Å². The highest BCUT2D eigenvalue weighted by Gasteiger charge is 2.42. The lowest BCUT2D eigenvalue weighted by molar-refractivity contribution is -0.143. The minimum Gasteiger partial charge on any atom is -0.484 e. The van der Waals surface area contributed by atoms with Crippen molar-refractivity contribution in [1.29, 1.82) is 0 Å². The molecule has 1 aromatic rings. The average Bonchev–Trinajstić information content (AvgIpc) is 2.82. The highest BCUT2D eigenvalue weighted by atomic mass is 35.5. The number of amides is 1. The number of benzene rings is 1. The number of hydrogen-bond acceptors (Lipinski definition) is 4. The van der Waals surface area contributed by atoms with Gasteiger partial charge >= 0.3 is 5.97 Å². The molecule has 1 aliphatic rings. The highest BCUT2D eigenvalue weighted by Crippen LogP contribution is 2.20. The molecule has 1 aliphatic heterocycles.